The molecule has 100 valence electrons. The molecule has 0 aliphatic rings. The molecule has 5 nitrogen and oxygen atoms in total. The number of ether oxygens (including phenoxy) is 1. The summed E-state index contributed by atoms with van der Waals surface area (Å²) >= 11 is 0. The number of hydrogen-bond acceptors (Lipinski definition) is 5. The van der Waals surface area contributed by atoms with Gasteiger partial charge in [0.25, 0.3) is 0 Å². The summed E-state index contributed by atoms with van der Waals surface area (Å²) in [4.78, 5) is 8.58. The Bertz CT molecular complexity index is 537. The molecule has 0 aliphatic carbocycles. The van der Waals surface area contributed by atoms with Crippen LogP contribution in [0.25, 0.3) is 0 Å². The highest BCUT2D eigenvalue weighted by atomic mass is 16.5. The highest BCUT2D eigenvalue weighted by Gasteiger charge is 2.01. The van der Waals surface area contributed by atoms with Crippen molar-refractivity contribution in [2.45, 2.75) is 13.8 Å². The molecule has 0 atom stereocenters. The zero-order valence-corrected chi connectivity index (χ0v) is 11.2. The van der Waals surface area contributed by atoms with E-state index < -0.39 is 0 Å². The molecule has 0 spiro atoms. The van der Waals surface area contributed by atoms with Crippen molar-refractivity contribution in [1.29, 1.82) is 0 Å². The summed E-state index contributed by atoms with van der Waals surface area (Å²) in [7, 11) is 0. The van der Waals surface area contributed by atoms with E-state index in [1.54, 1.807) is 0 Å². The van der Waals surface area contributed by atoms with Crippen LogP contribution in [-0.2, 0) is 0 Å². The van der Waals surface area contributed by atoms with Crippen molar-refractivity contribution in [1.82, 2.24) is 9.97 Å². The van der Waals surface area contributed by atoms with E-state index in [0.29, 0.717) is 13.2 Å². The van der Waals surface area contributed by atoms with E-state index in [0.717, 1.165) is 28.8 Å². The highest BCUT2D eigenvalue weighted by Crippen LogP contribution is 2.20. The van der Waals surface area contributed by atoms with E-state index in [2.05, 4.69) is 15.3 Å². The number of aromatic nitrogens is 2. The molecule has 19 heavy (non-hydrogen) atoms. The molecular formula is C14H18N4O. The van der Waals surface area contributed by atoms with Crippen LogP contribution in [0.1, 0.15) is 11.5 Å². The van der Waals surface area contributed by atoms with Gasteiger partial charge in [-0.3, -0.25) is 0 Å². The summed E-state index contributed by atoms with van der Waals surface area (Å²) in [6.45, 7) is 4.83. The summed E-state index contributed by atoms with van der Waals surface area (Å²) in [6.07, 6.45) is 0. The van der Waals surface area contributed by atoms with E-state index in [9.17, 15) is 0 Å². The zero-order valence-electron chi connectivity index (χ0n) is 11.2. The molecule has 0 radical (unpaired) electrons. The van der Waals surface area contributed by atoms with E-state index in [1.807, 2.05) is 44.2 Å². The molecule has 0 saturated heterocycles. The fourth-order valence-corrected chi connectivity index (χ4v) is 1.77. The summed E-state index contributed by atoms with van der Waals surface area (Å²) < 4.78 is 5.48. The van der Waals surface area contributed by atoms with Gasteiger partial charge in [0.2, 0.25) is 0 Å². The smallest absolute Gasteiger partial charge is 0.134 e. The van der Waals surface area contributed by atoms with Crippen molar-refractivity contribution >= 4 is 11.5 Å². The van der Waals surface area contributed by atoms with Crippen LogP contribution in [0.4, 0.5) is 11.5 Å². The van der Waals surface area contributed by atoms with Crippen LogP contribution in [-0.4, -0.2) is 23.1 Å². The predicted octanol–water partition coefficient (Wildman–Crippen LogP) is 2.17. The standard InChI is InChI=1S/C14H18N4O/c1-10-8-14(17-11(2)16-10)18-12-4-3-5-13(9-12)19-7-6-15/h3-5,8-9H,6-7,15H2,1-2H3,(H,16,17,18). The van der Waals surface area contributed by atoms with Crippen LogP contribution in [0.3, 0.4) is 0 Å². The number of anilines is 2. The molecule has 2 rings (SSSR count). The topological polar surface area (TPSA) is 73.1 Å². The number of nitrogens with two attached hydrogens (primary N) is 1. The Hall–Kier alpha value is -2.14. The van der Waals surface area contributed by atoms with E-state index in [-0.39, 0.29) is 0 Å². The number of aryl methyl sites for hydroxylation is 2. The number of benzene rings is 1. The third-order valence-electron chi connectivity index (χ3n) is 2.46. The molecule has 1 aromatic carbocycles. The van der Waals surface area contributed by atoms with Crippen molar-refractivity contribution in [3.05, 3.63) is 41.9 Å². The third-order valence-corrected chi connectivity index (χ3v) is 2.46. The number of rotatable bonds is 5. The molecule has 0 aliphatic heterocycles. The molecule has 2 aromatic rings. The average Bonchev–Trinajstić information content (AvgIpc) is 2.35. The van der Waals surface area contributed by atoms with Crippen molar-refractivity contribution in [3.63, 3.8) is 0 Å². The van der Waals surface area contributed by atoms with Crippen LogP contribution in [0.15, 0.2) is 30.3 Å². The van der Waals surface area contributed by atoms with Crippen LogP contribution < -0.4 is 15.8 Å². The summed E-state index contributed by atoms with van der Waals surface area (Å²) in [5, 5.41) is 3.24. The van der Waals surface area contributed by atoms with Crippen molar-refractivity contribution in [2.75, 3.05) is 18.5 Å². The Kier molecular flexibility index (Phi) is 4.30. The molecule has 0 amide bonds. The lowest BCUT2D eigenvalue weighted by Gasteiger charge is -2.09. The normalized spacial score (nSPS) is 10.3. The first kappa shape index (κ1) is 13.3. The first-order chi connectivity index (χ1) is 9.17. The second-order valence-electron chi connectivity index (χ2n) is 4.23. The maximum Gasteiger partial charge on any atom is 0.134 e. The first-order valence-corrected chi connectivity index (χ1v) is 6.19. The number of nitrogens with one attached hydrogen (secondary N) is 1. The van der Waals surface area contributed by atoms with Gasteiger partial charge in [-0.2, -0.15) is 0 Å². The molecule has 5 heteroatoms. The summed E-state index contributed by atoms with van der Waals surface area (Å²) in [5.74, 6) is 2.32. The fourth-order valence-electron chi connectivity index (χ4n) is 1.77. The van der Waals surface area contributed by atoms with Gasteiger partial charge in [-0.25, -0.2) is 9.97 Å². The van der Waals surface area contributed by atoms with Crippen LogP contribution in [0, 0.1) is 13.8 Å². The molecule has 0 fully saturated rings. The molecule has 0 bridgehead atoms. The van der Waals surface area contributed by atoms with E-state index in [4.69, 9.17) is 10.5 Å². The number of hydrogen-bond donors (Lipinski definition) is 2. The molecule has 3 N–H and O–H groups in total. The molecule has 0 unspecified atom stereocenters. The van der Waals surface area contributed by atoms with Crippen LogP contribution in [0.2, 0.25) is 0 Å². The maximum absolute atomic E-state index is 5.48. The van der Waals surface area contributed by atoms with Crippen LogP contribution >= 0.6 is 0 Å². The predicted molar refractivity (Wildman–Crippen MR) is 75.8 cm³/mol. The number of nitrogens with zero attached hydrogens (tertiary/aromatic N) is 2. The van der Waals surface area contributed by atoms with Gasteiger partial charge in [0.05, 0.1) is 0 Å². The van der Waals surface area contributed by atoms with E-state index in [1.165, 1.54) is 0 Å². The average molecular weight is 258 g/mol. The fraction of sp³-hybridized carbons (Fsp3) is 0.286. The maximum atomic E-state index is 5.48. The van der Waals surface area contributed by atoms with Gasteiger partial charge in [-0.1, -0.05) is 6.07 Å². The van der Waals surface area contributed by atoms with Gasteiger partial charge < -0.3 is 15.8 Å². The van der Waals surface area contributed by atoms with Gasteiger partial charge in [0, 0.05) is 30.1 Å². The van der Waals surface area contributed by atoms with Gasteiger partial charge in [0.15, 0.2) is 0 Å². The highest BCUT2D eigenvalue weighted by molar-refractivity contribution is 5.58. The molecule has 1 aromatic heterocycles. The molecular weight excluding hydrogens is 240 g/mol. The van der Waals surface area contributed by atoms with Gasteiger partial charge in [-0.15, -0.1) is 0 Å². The van der Waals surface area contributed by atoms with Gasteiger partial charge in [0.1, 0.15) is 24.0 Å². The minimum absolute atomic E-state index is 0.502. The van der Waals surface area contributed by atoms with Crippen molar-refractivity contribution in [2.24, 2.45) is 5.73 Å². The lowest BCUT2D eigenvalue weighted by Crippen LogP contribution is -2.10. The second kappa shape index (κ2) is 6.15. The quantitative estimate of drug-likeness (QED) is 0.860. The Labute approximate surface area is 112 Å². The summed E-state index contributed by atoms with van der Waals surface area (Å²) in [6, 6.07) is 9.61. The van der Waals surface area contributed by atoms with Crippen molar-refractivity contribution < 1.29 is 4.74 Å². The Morgan fingerprint density at radius 3 is 2.79 bits per heavy atom. The molecule has 0 saturated carbocycles. The summed E-state index contributed by atoms with van der Waals surface area (Å²) in [5.41, 5.74) is 7.27. The molecule has 1 heterocycles. The van der Waals surface area contributed by atoms with Crippen molar-refractivity contribution in [3.8, 4) is 5.75 Å². The largest absolute Gasteiger partial charge is 0.492 e. The lowest BCUT2D eigenvalue weighted by molar-refractivity contribution is 0.328. The Balaban J connectivity index is 2.13. The monoisotopic (exact) mass is 258 g/mol. The minimum atomic E-state index is 0.502. The Morgan fingerprint density at radius 1 is 1.21 bits per heavy atom. The third kappa shape index (κ3) is 3.93. The first-order valence-electron chi connectivity index (χ1n) is 6.19. The minimum Gasteiger partial charge on any atom is -0.492 e. The second-order valence-corrected chi connectivity index (χ2v) is 4.23. The van der Waals surface area contributed by atoms with E-state index >= 15 is 0 Å². The van der Waals surface area contributed by atoms with Crippen LogP contribution in [0.5, 0.6) is 5.75 Å². The van der Waals surface area contributed by atoms with Gasteiger partial charge in [-0.05, 0) is 26.0 Å². The Morgan fingerprint density at radius 2 is 2.05 bits per heavy atom. The van der Waals surface area contributed by atoms with Gasteiger partial charge >= 0.3 is 0 Å². The zero-order chi connectivity index (χ0) is 13.7. The SMILES string of the molecule is Cc1cc(Nc2cccc(OCCN)c2)nc(C)n1. The lowest BCUT2D eigenvalue weighted by atomic mass is 10.3.